The minimum atomic E-state index is -0.377. The lowest BCUT2D eigenvalue weighted by atomic mass is 10.2. The molecule has 0 atom stereocenters. The number of nitrogen functional groups attached to an aromatic ring is 1. The molecule has 1 heterocycles. The monoisotopic (exact) mass is 252 g/mol. The molecule has 0 aliphatic heterocycles. The number of nitrogens with zero attached hydrogens (tertiary/aromatic N) is 1. The Morgan fingerprint density at radius 3 is 2.82 bits per heavy atom. The fraction of sp³-hybridized carbons (Fsp3) is 0.0833. The number of anilines is 1. The van der Waals surface area contributed by atoms with Crippen LogP contribution in [0.4, 0.5) is 10.1 Å². The van der Waals surface area contributed by atoms with Crippen molar-refractivity contribution in [3.05, 3.63) is 46.9 Å². The van der Waals surface area contributed by atoms with Gasteiger partial charge in [-0.25, -0.2) is 9.37 Å². The van der Waals surface area contributed by atoms with Crippen molar-refractivity contribution in [2.45, 2.75) is 6.92 Å². The van der Waals surface area contributed by atoms with E-state index in [1.54, 1.807) is 13.0 Å². The van der Waals surface area contributed by atoms with Crippen LogP contribution in [-0.4, -0.2) is 4.98 Å². The van der Waals surface area contributed by atoms with Crippen molar-refractivity contribution >= 4 is 17.3 Å². The standard InChI is InChI=1S/C12H10ClFN2O/c1-7-2-3-9(14)5-11(7)17-12-10(15)4-8(13)6-16-12/h2-6H,15H2,1H3. The Labute approximate surface area is 103 Å². The number of nitrogens with two attached hydrogens (primary N) is 1. The number of rotatable bonds is 2. The zero-order valence-corrected chi connectivity index (χ0v) is 9.83. The van der Waals surface area contributed by atoms with Crippen LogP contribution in [0.15, 0.2) is 30.5 Å². The molecule has 0 saturated heterocycles. The molecule has 3 nitrogen and oxygen atoms in total. The van der Waals surface area contributed by atoms with Gasteiger partial charge in [0.15, 0.2) is 0 Å². The Morgan fingerprint density at radius 2 is 2.12 bits per heavy atom. The number of hydrogen-bond acceptors (Lipinski definition) is 3. The molecule has 0 saturated carbocycles. The Hall–Kier alpha value is -1.81. The molecule has 88 valence electrons. The van der Waals surface area contributed by atoms with Crippen LogP contribution in [0, 0.1) is 12.7 Å². The molecule has 0 bridgehead atoms. The average Bonchev–Trinajstić information content (AvgIpc) is 2.27. The Balaban J connectivity index is 2.34. The summed E-state index contributed by atoms with van der Waals surface area (Å²) in [6.45, 7) is 1.81. The van der Waals surface area contributed by atoms with Gasteiger partial charge in [-0.05, 0) is 24.6 Å². The first-order chi connectivity index (χ1) is 8.06. The Morgan fingerprint density at radius 1 is 1.35 bits per heavy atom. The van der Waals surface area contributed by atoms with Crippen LogP contribution in [0.2, 0.25) is 5.02 Å². The predicted octanol–water partition coefficient (Wildman–Crippen LogP) is 3.56. The third-order valence-electron chi connectivity index (χ3n) is 2.20. The molecule has 0 amide bonds. The van der Waals surface area contributed by atoms with Crippen molar-refractivity contribution in [3.63, 3.8) is 0 Å². The van der Waals surface area contributed by atoms with E-state index in [-0.39, 0.29) is 11.7 Å². The quantitative estimate of drug-likeness (QED) is 0.889. The molecule has 2 N–H and O–H groups in total. The van der Waals surface area contributed by atoms with Gasteiger partial charge in [0.2, 0.25) is 5.88 Å². The molecule has 0 aliphatic carbocycles. The lowest BCUT2D eigenvalue weighted by Gasteiger charge is -2.09. The SMILES string of the molecule is Cc1ccc(F)cc1Oc1ncc(Cl)cc1N. The van der Waals surface area contributed by atoms with Crippen LogP contribution in [0.5, 0.6) is 11.6 Å². The molecular formula is C12H10ClFN2O. The highest BCUT2D eigenvalue weighted by Gasteiger charge is 2.07. The van der Waals surface area contributed by atoms with Gasteiger partial charge in [-0.2, -0.15) is 0 Å². The summed E-state index contributed by atoms with van der Waals surface area (Å²) in [5, 5.41) is 0.422. The van der Waals surface area contributed by atoms with Crippen molar-refractivity contribution in [2.24, 2.45) is 0 Å². The van der Waals surface area contributed by atoms with Crippen molar-refractivity contribution in [3.8, 4) is 11.6 Å². The van der Waals surface area contributed by atoms with E-state index < -0.39 is 0 Å². The van der Waals surface area contributed by atoms with Crippen LogP contribution >= 0.6 is 11.6 Å². The molecule has 0 radical (unpaired) electrons. The van der Waals surface area contributed by atoms with E-state index in [1.807, 2.05) is 0 Å². The molecule has 0 spiro atoms. The minimum Gasteiger partial charge on any atom is -0.437 e. The third kappa shape index (κ3) is 2.65. The van der Waals surface area contributed by atoms with E-state index in [0.29, 0.717) is 16.5 Å². The fourth-order valence-electron chi connectivity index (χ4n) is 1.32. The largest absolute Gasteiger partial charge is 0.437 e. The summed E-state index contributed by atoms with van der Waals surface area (Å²) in [6.07, 6.45) is 1.42. The zero-order valence-electron chi connectivity index (χ0n) is 9.08. The minimum absolute atomic E-state index is 0.211. The van der Waals surface area contributed by atoms with E-state index in [1.165, 1.54) is 24.4 Å². The first-order valence-corrected chi connectivity index (χ1v) is 5.29. The molecule has 2 aromatic rings. The summed E-state index contributed by atoms with van der Waals surface area (Å²) in [5.41, 5.74) is 6.79. The van der Waals surface area contributed by atoms with Crippen LogP contribution in [-0.2, 0) is 0 Å². The Kier molecular flexibility index (Phi) is 3.15. The van der Waals surface area contributed by atoms with Crippen molar-refractivity contribution in [2.75, 3.05) is 5.73 Å². The van der Waals surface area contributed by atoms with Crippen LogP contribution < -0.4 is 10.5 Å². The number of ether oxygens (including phenoxy) is 1. The van der Waals surface area contributed by atoms with Gasteiger partial charge in [0.05, 0.1) is 10.7 Å². The second-order valence-corrected chi connectivity index (χ2v) is 4.00. The van der Waals surface area contributed by atoms with E-state index in [4.69, 9.17) is 22.1 Å². The Bertz CT molecular complexity index is 560. The van der Waals surface area contributed by atoms with E-state index >= 15 is 0 Å². The first kappa shape index (κ1) is 11.7. The number of aromatic nitrogens is 1. The summed E-state index contributed by atoms with van der Waals surface area (Å²) < 4.78 is 18.5. The van der Waals surface area contributed by atoms with Gasteiger partial charge in [0.25, 0.3) is 0 Å². The van der Waals surface area contributed by atoms with Crippen molar-refractivity contribution < 1.29 is 9.13 Å². The second-order valence-electron chi connectivity index (χ2n) is 3.56. The smallest absolute Gasteiger partial charge is 0.242 e. The molecule has 0 unspecified atom stereocenters. The second kappa shape index (κ2) is 4.59. The maximum absolute atomic E-state index is 13.1. The number of pyridine rings is 1. The molecular weight excluding hydrogens is 243 g/mol. The lowest BCUT2D eigenvalue weighted by Crippen LogP contribution is -1.96. The summed E-state index contributed by atoms with van der Waals surface area (Å²) in [7, 11) is 0. The maximum Gasteiger partial charge on any atom is 0.242 e. The zero-order chi connectivity index (χ0) is 12.4. The van der Waals surface area contributed by atoms with Crippen molar-refractivity contribution in [1.82, 2.24) is 4.98 Å². The molecule has 1 aromatic carbocycles. The molecule has 5 heteroatoms. The van der Waals surface area contributed by atoms with E-state index in [2.05, 4.69) is 4.98 Å². The average molecular weight is 253 g/mol. The van der Waals surface area contributed by atoms with E-state index in [0.717, 1.165) is 5.56 Å². The maximum atomic E-state index is 13.1. The highest BCUT2D eigenvalue weighted by Crippen LogP contribution is 2.29. The molecule has 1 aromatic heterocycles. The topological polar surface area (TPSA) is 48.1 Å². The molecule has 2 rings (SSSR count). The van der Waals surface area contributed by atoms with Crippen LogP contribution in [0.3, 0.4) is 0 Å². The molecule has 0 aliphatic rings. The van der Waals surface area contributed by atoms with Crippen LogP contribution in [0.1, 0.15) is 5.56 Å². The summed E-state index contributed by atoms with van der Waals surface area (Å²) in [5.74, 6) is 0.216. The third-order valence-corrected chi connectivity index (χ3v) is 2.41. The number of aryl methyl sites for hydroxylation is 1. The highest BCUT2D eigenvalue weighted by molar-refractivity contribution is 6.30. The summed E-state index contributed by atoms with van der Waals surface area (Å²) in [4.78, 5) is 3.94. The van der Waals surface area contributed by atoms with E-state index in [9.17, 15) is 4.39 Å². The number of hydrogen-bond donors (Lipinski definition) is 1. The number of halogens is 2. The lowest BCUT2D eigenvalue weighted by molar-refractivity contribution is 0.457. The van der Waals surface area contributed by atoms with Gasteiger partial charge in [0, 0.05) is 12.3 Å². The molecule has 0 fully saturated rings. The van der Waals surface area contributed by atoms with Gasteiger partial charge in [-0.1, -0.05) is 17.7 Å². The van der Waals surface area contributed by atoms with Gasteiger partial charge in [-0.3, -0.25) is 0 Å². The fourth-order valence-corrected chi connectivity index (χ4v) is 1.48. The summed E-state index contributed by atoms with van der Waals surface area (Å²) >= 11 is 5.72. The van der Waals surface area contributed by atoms with Crippen LogP contribution in [0.25, 0.3) is 0 Å². The van der Waals surface area contributed by atoms with Gasteiger partial charge >= 0.3 is 0 Å². The molecule has 17 heavy (non-hydrogen) atoms. The first-order valence-electron chi connectivity index (χ1n) is 4.91. The highest BCUT2D eigenvalue weighted by atomic mass is 35.5. The van der Waals surface area contributed by atoms with Gasteiger partial charge in [-0.15, -0.1) is 0 Å². The summed E-state index contributed by atoms with van der Waals surface area (Å²) in [6, 6.07) is 5.79. The number of benzene rings is 1. The van der Waals surface area contributed by atoms with Gasteiger partial charge < -0.3 is 10.5 Å². The van der Waals surface area contributed by atoms with Gasteiger partial charge in [0.1, 0.15) is 11.6 Å². The normalized spacial score (nSPS) is 10.3. The van der Waals surface area contributed by atoms with Crippen molar-refractivity contribution in [1.29, 1.82) is 0 Å². The predicted molar refractivity (Wildman–Crippen MR) is 64.9 cm³/mol.